The lowest BCUT2D eigenvalue weighted by atomic mass is 9.89. The molecule has 1 aliphatic heterocycles. The number of benzene rings is 1. The number of anilines is 1. The van der Waals surface area contributed by atoms with Gasteiger partial charge in [0.2, 0.25) is 0 Å². The predicted octanol–water partition coefficient (Wildman–Crippen LogP) is 3.73. The van der Waals surface area contributed by atoms with Crippen molar-refractivity contribution in [3.63, 3.8) is 0 Å². The van der Waals surface area contributed by atoms with Crippen molar-refractivity contribution in [1.29, 1.82) is 0 Å². The molecule has 0 radical (unpaired) electrons. The molecule has 1 aromatic rings. The number of rotatable bonds is 2. The fourth-order valence-electron chi connectivity index (χ4n) is 3.30. The van der Waals surface area contributed by atoms with Crippen molar-refractivity contribution < 1.29 is 9.13 Å². The first kappa shape index (κ1) is 12.0. The topological polar surface area (TPSA) is 21.3 Å². The maximum atomic E-state index is 12.9. The van der Waals surface area contributed by atoms with E-state index in [4.69, 9.17) is 4.74 Å². The Kier molecular flexibility index (Phi) is 3.25. The van der Waals surface area contributed by atoms with Crippen molar-refractivity contribution in [3.8, 4) is 0 Å². The second kappa shape index (κ2) is 4.88. The van der Waals surface area contributed by atoms with Gasteiger partial charge in [-0.05, 0) is 49.9 Å². The molecule has 1 atom stereocenters. The summed E-state index contributed by atoms with van der Waals surface area (Å²) in [5, 5.41) is 3.51. The van der Waals surface area contributed by atoms with Crippen LogP contribution in [0.4, 0.5) is 10.1 Å². The smallest absolute Gasteiger partial charge is 0.123 e. The number of hydrogen-bond donors (Lipinski definition) is 1. The quantitative estimate of drug-likeness (QED) is 0.862. The molecule has 1 aromatic carbocycles. The number of hydrogen-bond acceptors (Lipinski definition) is 2. The Hall–Kier alpha value is -1.09. The van der Waals surface area contributed by atoms with E-state index in [2.05, 4.69) is 5.32 Å². The van der Waals surface area contributed by atoms with E-state index in [-0.39, 0.29) is 11.4 Å². The molecule has 1 saturated heterocycles. The highest BCUT2D eigenvalue weighted by molar-refractivity contribution is 5.43. The van der Waals surface area contributed by atoms with Crippen LogP contribution in [0.1, 0.15) is 38.5 Å². The van der Waals surface area contributed by atoms with E-state index in [1.807, 2.05) is 12.1 Å². The Morgan fingerprint density at radius 1 is 1.17 bits per heavy atom. The third-order valence-corrected chi connectivity index (χ3v) is 4.22. The third kappa shape index (κ3) is 2.51. The van der Waals surface area contributed by atoms with Gasteiger partial charge in [-0.2, -0.15) is 0 Å². The second-order valence-electron chi connectivity index (χ2n) is 5.58. The molecule has 1 unspecified atom stereocenters. The Labute approximate surface area is 108 Å². The molecule has 0 aromatic heterocycles. The molecule has 2 fully saturated rings. The van der Waals surface area contributed by atoms with Crippen LogP contribution in [0.2, 0.25) is 0 Å². The van der Waals surface area contributed by atoms with E-state index in [9.17, 15) is 4.39 Å². The van der Waals surface area contributed by atoms with Crippen molar-refractivity contribution in [2.45, 2.75) is 50.2 Å². The van der Waals surface area contributed by atoms with Crippen molar-refractivity contribution >= 4 is 5.69 Å². The summed E-state index contributed by atoms with van der Waals surface area (Å²) in [4.78, 5) is 0. The first-order valence-corrected chi connectivity index (χ1v) is 6.92. The Bertz CT molecular complexity index is 397. The monoisotopic (exact) mass is 249 g/mol. The molecule has 2 aliphatic rings. The fraction of sp³-hybridized carbons (Fsp3) is 0.600. The van der Waals surface area contributed by atoms with Crippen molar-refractivity contribution in [2.75, 3.05) is 11.9 Å². The molecule has 0 amide bonds. The van der Waals surface area contributed by atoms with E-state index in [1.165, 1.54) is 37.8 Å². The second-order valence-corrected chi connectivity index (χ2v) is 5.58. The van der Waals surface area contributed by atoms with E-state index in [0.717, 1.165) is 25.1 Å². The number of halogens is 1. The van der Waals surface area contributed by atoms with Gasteiger partial charge in [0, 0.05) is 18.3 Å². The molecule has 1 heterocycles. The van der Waals surface area contributed by atoms with Gasteiger partial charge in [0.25, 0.3) is 0 Å². The molecule has 1 spiro atoms. The summed E-state index contributed by atoms with van der Waals surface area (Å²) in [6.45, 7) is 0.846. The Morgan fingerprint density at radius 3 is 2.61 bits per heavy atom. The van der Waals surface area contributed by atoms with Crippen LogP contribution in [0.5, 0.6) is 0 Å². The summed E-state index contributed by atoms with van der Waals surface area (Å²) in [6, 6.07) is 7.10. The minimum atomic E-state index is -0.181. The van der Waals surface area contributed by atoms with Gasteiger partial charge in [-0.15, -0.1) is 0 Å². The molecule has 1 N–H and O–H groups in total. The van der Waals surface area contributed by atoms with Crippen LogP contribution in [0, 0.1) is 5.82 Å². The van der Waals surface area contributed by atoms with Crippen molar-refractivity contribution in [1.82, 2.24) is 0 Å². The highest BCUT2D eigenvalue weighted by Gasteiger charge is 2.39. The van der Waals surface area contributed by atoms with Crippen LogP contribution in [-0.2, 0) is 4.74 Å². The Balaban J connectivity index is 1.64. The van der Waals surface area contributed by atoms with Gasteiger partial charge in [-0.3, -0.25) is 0 Å². The standard InChI is InChI=1S/C15H20FNO/c16-12-3-5-13(6-4-12)17-14-7-10-18-15(11-14)8-1-2-9-15/h3-6,14,17H,1-2,7-11H2. The van der Waals surface area contributed by atoms with Crippen LogP contribution in [0.3, 0.4) is 0 Å². The molecular weight excluding hydrogens is 229 g/mol. The summed E-state index contributed by atoms with van der Waals surface area (Å²) >= 11 is 0. The lowest BCUT2D eigenvalue weighted by molar-refractivity contribution is -0.0767. The number of ether oxygens (including phenoxy) is 1. The number of nitrogens with one attached hydrogen (secondary N) is 1. The van der Waals surface area contributed by atoms with Crippen LogP contribution < -0.4 is 5.32 Å². The maximum absolute atomic E-state index is 12.9. The highest BCUT2D eigenvalue weighted by atomic mass is 19.1. The normalized spacial score (nSPS) is 26.4. The summed E-state index contributed by atoms with van der Waals surface area (Å²) < 4.78 is 18.9. The summed E-state index contributed by atoms with van der Waals surface area (Å²) in [7, 11) is 0. The van der Waals surface area contributed by atoms with Gasteiger partial charge in [0.1, 0.15) is 5.82 Å². The lowest BCUT2D eigenvalue weighted by Gasteiger charge is -2.39. The average molecular weight is 249 g/mol. The first-order chi connectivity index (χ1) is 8.76. The molecule has 18 heavy (non-hydrogen) atoms. The summed E-state index contributed by atoms with van der Waals surface area (Å²) in [5.74, 6) is -0.181. The van der Waals surface area contributed by atoms with Crippen LogP contribution in [0.15, 0.2) is 24.3 Å². The molecule has 1 saturated carbocycles. The van der Waals surface area contributed by atoms with Gasteiger partial charge in [0.15, 0.2) is 0 Å². The zero-order chi connectivity index (χ0) is 12.4. The minimum absolute atomic E-state index is 0.135. The first-order valence-electron chi connectivity index (χ1n) is 6.92. The van der Waals surface area contributed by atoms with Crippen LogP contribution in [-0.4, -0.2) is 18.2 Å². The van der Waals surface area contributed by atoms with Gasteiger partial charge >= 0.3 is 0 Å². The highest BCUT2D eigenvalue weighted by Crippen LogP contribution is 2.40. The molecule has 98 valence electrons. The maximum Gasteiger partial charge on any atom is 0.123 e. The van der Waals surface area contributed by atoms with Gasteiger partial charge in [-0.1, -0.05) is 12.8 Å². The van der Waals surface area contributed by atoms with Crippen molar-refractivity contribution in [3.05, 3.63) is 30.1 Å². The zero-order valence-corrected chi connectivity index (χ0v) is 10.6. The molecular formula is C15H20FNO. The SMILES string of the molecule is Fc1ccc(NC2CCOC3(CCCC3)C2)cc1. The minimum Gasteiger partial charge on any atom is -0.382 e. The third-order valence-electron chi connectivity index (χ3n) is 4.22. The predicted molar refractivity (Wildman–Crippen MR) is 70.2 cm³/mol. The molecule has 1 aliphatic carbocycles. The van der Waals surface area contributed by atoms with E-state index >= 15 is 0 Å². The largest absolute Gasteiger partial charge is 0.382 e. The summed E-state index contributed by atoms with van der Waals surface area (Å²) in [5.41, 5.74) is 1.15. The fourth-order valence-corrected chi connectivity index (χ4v) is 3.30. The van der Waals surface area contributed by atoms with Gasteiger partial charge in [0.05, 0.1) is 5.60 Å². The molecule has 0 bridgehead atoms. The Morgan fingerprint density at radius 2 is 1.89 bits per heavy atom. The molecule has 3 rings (SSSR count). The summed E-state index contributed by atoms with van der Waals surface area (Å²) in [6.07, 6.45) is 7.12. The van der Waals surface area contributed by atoms with E-state index in [1.54, 1.807) is 0 Å². The van der Waals surface area contributed by atoms with Gasteiger partial charge in [-0.25, -0.2) is 4.39 Å². The van der Waals surface area contributed by atoms with Crippen LogP contribution >= 0.6 is 0 Å². The zero-order valence-electron chi connectivity index (χ0n) is 10.6. The van der Waals surface area contributed by atoms with Crippen molar-refractivity contribution in [2.24, 2.45) is 0 Å². The van der Waals surface area contributed by atoms with E-state index in [0.29, 0.717) is 6.04 Å². The molecule has 3 heteroatoms. The van der Waals surface area contributed by atoms with E-state index < -0.39 is 0 Å². The lowest BCUT2D eigenvalue weighted by Crippen LogP contribution is -2.42. The average Bonchev–Trinajstić information content (AvgIpc) is 2.80. The molecule has 2 nitrogen and oxygen atoms in total. The van der Waals surface area contributed by atoms with Gasteiger partial charge < -0.3 is 10.1 Å². The van der Waals surface area contributed by atoms with Crippen LogP contribution in [0.25, 0.3) is 0 Å².